The summed E-state index contributed by atoms with van der Waals surface area (Å²) in [5, 5.41) is 0.560. The van der Waals surface area contributed by atoms with Crippen molar-refractivity contribution in [2.45, 2.75) is 0 Å². The Hall–Kier alpha value is -2.40. The van der Waals surface area contributed by atoms with Crippen LogP contribution in [0.2, 0.25) is 5.02 Å². The summed E-state index contributed by atoms with van der Waals surface area (Å²) >= 11 is 6.30. The summed E-state index contributed by atoms with van der Waals surface area (Å²) in [6.07, 6.45) is 0. The molecular weight excluding hydrogens is 290 g/mol. The number of fused-ring (bicyclic) bond motifs is 1. The Labute approximate surface area is 126 Å². The molecule has 3 rings (SSSR count). The number of hydrogen-bond acceptors (Lipinski definition) is 4. The number of aromatic nitrogens is 2. The van der Waals surface area contributed by atoms with Crippen LogP contribution in [0, 0.1) is 0 Å². The van der Waals surface area contributed by atoms with Crippen LogP contribution in [0.25, 0.3) is 16.7 Å². The normalized spacial score (nSPS) is 10.8. The molecule has 0 bridgehead atoms. The molecule has 0 aliphatic heterocycles. The maximum Gasteiger partial charge on any atom is 0.205 e. The van der Waals surface area contributed by atoms with E-state index in [2.05, 4.69) is 4.98 Å². The predicted octanol–water partition coefficient (Wildman–Crippen LogP) is 3.28. The molecule has 1 heterocycles. The summed E-state index contributed by atoms with van der Waals surface area (Å²) in [4.78, 5) is 4.35. The Bertz CT molecular complexity index is 814. The molecule has 6 heteroatoms. The van der Waals surface area contributed by atoms with E-state index in [1.165, 1.54) is 0 Å². The van der Waals surface area contributed by atoms with E-state index < -0.39 is 0 Å². The van der Waals surface area contributed by atoms with Gasteiger partial charge in [-0.3, -0.25) is 4.57 Å². The van der Waals surface area contributed by atoms with Crippen molar-refractivity contribution in [3.8, 4) is 17.2 Å². The van der Waals surface area contributed by atoms with Gasteiger partial charge in [-0.05, 0) is 24.3 Å². The second-order valence-corrected chi connectivity index (χ2v) is 4.88. The van der Waals surface area contributed by atoms with E-state index in [1.54, 1.807) is 30.9 Å². The number of nitrogen functional groups attached to an aromatic ring is 1. The minimum atomic E-state index is 0.355. The Morgan fingerprint density at radius 2 is 1.71 bits per heavy atom. The smallest absolute Gasteiger partial charge is 0.205 e. The number of anilines is 1. The fraction of sp³-hybridized carbons (Fsp3) is 0.133. The minimum absolute atomic E-state index is 0.355. The summed E-state index contributed by atoms with van der Waals surface area (Å²) in [6, 6.07) is 10.9. The van der Waals surface area contributed by atoms with Crippen molar-refractivity contribution in [3.63, 3.8) is 0 Å². The van der Waals surface area contributed by atoms with Crippen LogP contribution >= 0.6 is 11.6 Å². The molecule has 0 atom stereocenters. The quantitative estimate of drug-likeness (QED) is 0.806. The van der Waals surface area contributed by atoms with Gasteiger partial charge in [-0.25, -0.2) is 4.98 Å². The van der Waals surface area contributed by atoms with Gasteiger partial charge in [-0.2, -0.15) is 0 Å². The maximum absolute atomic E-state index is 6.30. The molecule has 1 aromatic heterocycles. The predicted molar refractivity (Wildman–Crippen MR) is 83.6 cm³/mol. The summed E-state index contributed by atoms with van der Waals surface area (Å²) in [7, 11) is 3.22. The largest absolute Gasteiger partial charge is 0.497 e. The van der Waals surface area contributed by atoms with Crippen molar-refractivity contribution in [2.24, 2.45) is 0 Å². The van der Waals surface area contributed by atoms with Crippen molar-refractivity contribution in [1.29, 1.82) is 0 Å². The molecular formula is C15H14ClN3O2. The van der Waals surface area contributed by atoms with Crippen LogP contribution < -0.4 is 15.2 Å². The average molecular weight is 304 g/mol. The molecule has 0 aliphatic rings. The molecule has 2 N–H and O–H groups in total. The highest BCUT2D eigenvalue weighted by Crippen LogP contribution is 2.32. The van der Waals surface area contributed by atoms with Gasteiger partial charge in [0.05, 0.1) is 36.0 Å². The van der Waals surface area contributed by atoms with E-state index in [0.29, 0.717) is 22.4 Å². The van der Waals surface area contributed by atoms with E-state index in [-0.39, 0.29) is 0 Å². The molecule has 0 spiro atoms. The van der Waals surface area contributed by atoms with E-state index in [4.69, 9.17) is 26.8 Å². The third kappa shape index (κ3) is 2.25. The fourth-order valence-corrected chi connectivity index (χ4v) is 2.45. The first-order valence-electron chi connectivity index (χ1n) is 6.30. The van der Waals surface area contributed by atoms with Crippen LogP contribution in [0.4, 0.5) is 5.95 Å². The second kappa shape index (κ2) is 5.18. The van der Waals surface area contributed by atoms with Crippen LogP contribution in [0.1, 0.15) is 0 Å². The Morgan fingerprint density at radius 3 is 2.43 bits per heavy atom. The van der Waals surface area contributed by atoms with Gasteiger partial charge in [0, 0.05) is 12.1 Å². The number of rotatable bonds is 3. The zero-order valence-corrected chi connectivity index (χ0v) is 12.4. The molecule has 5 nitrogen and oxygen atoms in total. The van der Waals surface area contributed by atoms with Crippen LogP contribution in [-0.4, -0.2) is 23.8 Å². The molecule has 108 valence electrons. The molecule has 0 amide bonds. The summed E-state index contributed by atoms with van der Waals surface area (Å²) in [5.74, 6) is 1.77. The molecule has 0 fully saturated rings. The number of imidazole rings is 1. The standard InChI is InChI=1S/C15H14ClN3O2/c1-20-9-3-5-11(16)13(7-9)19-14-8-10(21-2)4-6-12(14)18-15(19)17/h3-8H,1-2H3,(H2,17,18). The summed E-state index contributed by atoms with van der Waals surface area (Å²) < 4.78 is 12.3. The minimum Gasteiger partial charge on any atom is -0.497 e. The lowest BCUT2D eigenvalue weighted by Gasteiger charge is -2.11. The third-order valence-corrected chi connectivity index (χ3v) is 3.60. The average Bonchev–Trinajstić information content (AvgIpc) is 2.82. The zero-order valence-electron chi connectivity index (χ0n) is 11.6. The van der Waals surface area contributed by atoms with E-state index >= 15 is 0 Å². The van der Waals surface area contributed by atoms with Gasteiger partial charge < -0.3 is 15.2 Å². The molecule has 2 aromatic carbocycles. The molecule has 0 radical (unpaired) electrons. The summed E-state index contributed by atoms with van der Waals surface area (Å²) in [5.41, 5.74) is 8.35. The van der Waals surface area contributed by atoms with Gasteiger partial charge in [0.25, 0.3) is 0 Å². The van der Waals surface area contributed by atoms with Gasteiger partial charge in [0.15, 0.2) is 0 Å². The number of halogens is 1. The number of benzene rings is 2. The van der Waals surface area contributed by atoms with Crippen LogP contribution in [-0.2, 0) is 0 Å². The first-order valence-corrected chi connectivity index (χ1v) is 6.67. The van der Waals surface area contributed by atoms with E-state index in [9.17, 15) is 0 Å². The van der Waals surface area contributed by atoms with Gasteiger partial charge in [-0.1, -0.05) is 11.6 Å². The monoisotopic (exact) mass is 303 g/mol. The SMILES string of the molecule is COc1ccc(Cl)c(-n2c(N)nc3ccc(OC)cc32)c1. The molecule has 0 saturated carbocycles. The van der Waals surface area contributed by atoms with Crippen molar-refractivity contribution < 1.29 is 9.47 Å². The van der Waals surface area contributed by atoms with Gasteiger partial charge >= 0.3 is 0 Å². The third-order valence-electron chi connectivity index (χ3n) is 3.28. The van der Waals surface area contributed by atoms with Gasteiger partial charge in [0.2, 0.25) is 5.95 Å². The van der Waals surface area contributed by atoms with Crippen molar-refractivity contribution >= 4 is 28.6 Å². The number of methoxy groups -OCH3 is 2. The lowest BCUT2D eigenvalue weighted by molar-refractivity contribution is 0.414. The lowest BCUT2D eigenvalue weighted by Crippen LogP contribution is -2.02. The highest BCUT2D eigenvalue weighted by molar-refractivity contribution is 6.32. The van der Waals surface area contributed by atoms with Crippen LogP contribution in [0.15, 0.2) is 36.4 Å². The maximum atomic E-state index is 6.30. The van der Waals surface area contributed by atoms with Crippen LogP contribution in [0.5, 0.6) is 11.5 Å². The Kier molecular flexibility index (Phi) is 3.35. The van der Waals surface area contributed by atoms with Gasteiger partial charge in [-0.15, -0.1) is 0 Å². The molecule has 3 aromatic rings. The van der Waals surface area contributed by atoms with E-state index in [0.717, 1.165) is 16.8 Å². The highest BCUT2D eigenvalue weighted by atomic mass is 35.5. The van der Waals surface area contributed by atoms with Crippen molar-refractivity contribution in [2.75, 3.05) is 20.0 Å². The first kappa shape index (κ1) is 13.6. The summed E-state index contributed by atoms with van der Waals surface area (Å²) in [6.45, 7) is 0. The van der Waals surface area contributed by atoms with Gasteiger partial charge in [0.1, 0.15) is 11.5 Å². The fourth-order valence-electron chi connectivity index (χ4n) is 2.24. The van der Waals surface area contributed by atoms with Crippen LogP contribution in [0.3, 0.4) is 0 Å². The molecule has 21 heavy (non-hydrogen) atoms. The van der Waals surface area contributed by atoms with E-state index in [1.807, 2.05) is 24.3 Å². The molecule has 0 aliphatic carbocycles. The number of nitrogens with two attached hydrogens (primary N) is 1. The number of ether oxygens (including phenoxy) is 2. The first-order chi connectivity index (χ1) is 10.1. The topological polar surface area (TPSA) is 62.3 Å². The Balaban J connectivity index is 2.31. The number of nitrogens with zero attached hydrogens (tertiary/aromatic N) is 2. The number of hydrogen-bond donors (Lipinski definition) is 1. The van der Waals surface area contributed by atoms with Crippen molar-refractivity contribution in [3.05, 3.63) is 41.4 Å². The lowest BCUT2D eigenvalue weighted by atomic mass is 10.2. The Morgan fingerprint density at radius 1 is 1.05 bits per heavy atom. The van der Waals surface area contributed by atoms with Crippen molar-refractivity contribution in [1.82, 2.24) is 9.55 Å². The molecule has 0 saturated heterocycles. The second-order valence-electron chi connectivity index (χ2n) is 4.48. The molecule has 0 unspecified atom stereocenters. The zero-order chi connectivity index (χ0) is 15.0. The highest BCUT2D eigenvalue weighted by Gasteiger charge is 2.14.